The van der Waals surface area contributed by atoms with E-state index in [1.807, 2.05) is 74.8 Å². The Hall–Kier alpha value is -5.03. The zero-order valence-electron chi connectivity index (χ0n) is 20.6. The number of carbonyl (C=O) groups is 1. The fraction of sp³-hybridized carbons (Fsp3) is 0.138. The minimum Gasteiger partial charge on any atom is -0.343 e. The highest BCUT2D eigenvalue weighted by Gasteiger charge is 2.21. The van der Waals surface area contributed by atoms with Crippen molar-refractivity contribution in [1.82, 2.24) is 29.6 Å². The number of aromatic nitrogens is 5. The molecule has 5 aromatic rings. The summed E-state index contributed by atoms with van der Waals surface area (Å²) in [5.74, 6) is 5.88. The van der Waals surface area contributed by atoms with Gasteiger partial charge in [0.15, 0.2) is 0 Å². The van der Waals surface area contributed by atoms with E-state index in [0.717, 1.165) is 10.9 Å². The quantitative estimate of drug-likeness (QED) is 0.389. The molecule has 2 aromatic carbocycles. The number of nitrogens with one attached hydrogen (secondary N) is 1. The lowest BCUT2D eigenvalue weighted by molar-refractivity contribution is 0.0932. The molecule has 1 amide bonds. The molecule has 0 aliphatic carbocycles. The van der Waals surface area contributed by atoms with Crippen molar-refractivity contribution in [2.45, 2.75) is 19.9 Å². The molecule has 8 nitrogen and oxygen atoms in total. The second kappa shape index (κ2) is 9.91. The van der Waals surface area contributed by atoms with Crippen molar-refractivity contribution in [2.24, 2.45) is 7.05 Å². The molecule has 1 N–H and O–H groups in total. The molecule has 5 rings (SSSR count). The van der Waals surface area contributed by atoms with E-state index in [0.29, 0.717) is 28.0 Å². The summed E-state index contributed by atoms with van der Waals surface area (Å²) in [7, 11) is 1.83. The Morgan fingerprint density at radius 2 is 1.81 bits per heavy atom. The molecule has 1 atom stereocenters. The molecule has 0 saturated heterocycles. The Morgan fingerprint density at radius 1 is 1.03 bits per heavy atom. The van der Waals surface area contributed by atoms with Crippen LogP contribution in [0.2, 0.25) is 0 Å². The van der Waals surface area contributed by atoms with Gasteiger partial charge in [-0.25, -0.2) is 4.98 Å². The van der Waals surface area contributed by atoms with Gasteiger partial charge in [0.2, 0.25) is 0 Å². The molecule has 0 aliphatic rings. The van der Waals surface area contributed by atoms with Crippen molar-refractivity contribution < 1.29 is 4.79 Å². The average molecular weight is 489 g/mol. The van der Waals surface area contributed by atoms with Crippen molar-refractivity contribution in [3.05, 3.63) is 118 Å². The van der Waals surface area contributed by atoms with Crippen molar-refractivity contribution in [3.8, 4) is 17.5 Å². The summed E-state index contributed by atoms with van der Waals surface area (Å²) >= 11 is 0. The van der Waals surface area contributed by atoms with E-state index in [-0.39, 0.29) is 17.2 Å². The highest BCUT2D eigenvalue weighted by Crippen LogP contribution is 2.23. The van der Waals surface area contributed by atoms with Gasteiger partial charge in [-0.3, -0.25) is 23.8 Å². The third-order valence-electron chi connectivity index (χ3n) is 6.02. The number of para-hydroxylation sites is 1. The number of rotatable bonds is 4. The molecule has 0 aliphatic heterocycles. The molecule has 3 heterocycles. The zero-order chi connectivity index (χ0) is 25.9. The van der Waals surface area contributed by atoms with Gasteiger partial charge >= 0.3 is 0 Å². The number of hydrogen-bond donors (Lipinski definition) is 1. The van der Waals surface area contributed by atoms with E-state index in [1.54, 1.807) is 28.6 Å². The first-order valence-electron chi connectivity index (χ1n) is 11.8. The van der Waals surface area contributed by atoms with E-state index in [9.17, 15) is 9.59 Å². The summed E-state index contributed by atoms with van der Waals surface area (Å²) in [5, 5.41) is 8.38. The van der Waals surface area contributed by atoms with Crippen LogP contribution in [-0.4, -0.2) is 30.2 Å². The van der Waals surface area contributed by atoms with Crippen LogP contribution < -0.4 is 10.9 Å². The van der Waals surface area contributed by atoms with Crippen LogP contribution in [0.5, 0.6) is 0 Å². The number of hydrogen-bond acceptors (Lipinski definition) is 5. The third kappa shape index (κ3) is 4.75. The Labute approximate surface area is 213 Å². The van der Waals surface area contributed by atoms with E-state index < -0.39 is 6.04 Å². The highest BCUT2D eigenvalue weighted by atomic mass is 16.2. The lowest BCUT2D eigenvalue weighted by Gasteiger charge is -2.21. The molecule has 0 radical (unpaired) electrons. The van der Waals surface area contributed by atoms with Crippen LogP contribution in [0.3, 0.4) is 0 Å². The Kier molecular flexibility index (Phi) is 6.35. The molecule has 8 heteroatoms. The topological polar surface area (TPSA) is 94.7 Å². The van der Waals surface area contributed by atoms with E-state index >= 15 is 0 Å². The Bertz CT molecular complexity index is 1740. The van der Waals surface area contributed by atoms with Crippen molar-refractivity contribution in [3.63, 3.8) is 0 Å². The first-order valence-corrected chi connectivity index (χ1v) is 11.8. The molecule has 3 aromatic heterocycles. The van der Waals surface area contributed by atoms with Crippen LogP contribution in [0.15, 0.2) is 84.2 Å². The maximum absolute atomic E-state index is 14.0. The average Bonchev–Trinajstić information content (AvgIpc) is 3.32. The molecule has 37 heavy (non-hydrogen) atoms. The number of pyridine rings is 1. The molecule has 0 fully saturated rings. The second-order valence-corrected chi connectivity index (χ2v) is 8.65. The number of carbonyl (C=O) groups excluding carboxylic acids is 1. The fourth-order valence-corrected chi connectivity index (χ4v) is 4.24. The summed E-state index contributed by atoms with van der Waals surface area (Å²) in [6.45, 7) is 3.58. The standard InChI is InChI=1S/C29H24N6O2/c1-19(33-28(36)27-20(2)30-14-15-31-27)25-16-23-9-7-8-22(13-12-21-17-32-34(3)18-21)26(23)29(37)35(25)24-10-5-4-6-11-24/h4-11,14-19H,1-3H3,(H,33,36)/t19-/m0/s1. The molecular weight excluding hydrogens is 464 g/mol. The van der Waals surface area contributed by atoms with Crippen LogP contribution >= 0.6 is 0 Å². The molecular formula is C29H24N6O2. The second-order valence-electron chi connectivity index (χ2n) is 8.65. The van der Waals surface area contributed by atoms with Gasteiger partial charge < -0.3 is 5.32 Å². The van der Waals surface area contributed by atoms with Crippen LogP contribution in [0.1, 0.15) is 46.0 Å². The van der Waals surface area contributed by atoms with Gasteiger partial charge in [-0.05, 0) is 43.5 Å². The number of aryl methyl sites for hydroxylation is 2. The number of amides is 1. The smallest absolute Gasteiger partial charge is 0.272 e. The van der Waals surface area contributed by atoms with Crippen molar-refractivity contribution in [2.75, 3.05) is 0 Å². The number of nitrogens with zero attached hydrogens (tertiary/aromatic N) is 5. The molecule has 0 saturated carbocycles. The van der Waals surface area contributed by atoms with Crippen LogP contribution in [0, 0.1) is 18.8 Å². The number of benzene rings is 2. The fourth-order valence-electron chi connectivity index (χ4n) is 4.24. The monoisotopic (exact) mass is 488 g/mol. The first-order chi connectivity index (χ1) is 17.9. The third-order valence-corrected chi connectivity index (χ3v) is 6.02. The van der Waals surface area contributed by atoms with E-state index in [4.69, 9.17) is 0 Å². The Morgan fingerprint density at radius 3 is 2.54 bits per heavy atom. The van der Waals surface area contributed by atoms with Gasteiger partial charge in [0, 0.05) is 42.6 Å². The lowest BCUT2D eigenvalue weighted by atomic mass is 10.0. The SMILES string of the molecule is Cc1nccnc1C(=O)N[C@@H](C)c1cc2cccc(C#Cc3cnn(C)c3)c2c(=O)n1-c1ccccc1. The first kappa shape index (κ1) is 23.7. The maximum atomic E-state index is 14.0. The van der Waals surface area contributed by atoms with Crippen LogP contribution in [0.25, 0.3) is 16.5 Å². The summed E-state index contributed by atoms with van der Waals surface area (Å²) in [6, 6.07) is 16.4. The van der Waals surface area contributed by atoms with Gasteiger partial charge in [-0.2, -0.15) is 5.10 Å². The van der Waals surface area contributed by atoms with Crippen LogP contribution in [-0.2, 0) is 7.05 Å². The molecule has 0 unspecified atom stereocenters. The zero-order valence-corrected chi connectivity index (χ0v) is 20.6. The van der Waals surface area contributed by atoms with Crippen molar-refractivity contribution >= 4 is 16.7 Å². The predicted molar refractivity (Wildman–Crippen MR) is 141 cm³/mol. The normalized spacial score (nSPS) is 11.5. The molecule has 0 bridgehead atoms. The Balaban J connectivity index is 1.65. The van der Waals surface area contributed by atoms with E-state index in [1.165, 1.54) is 6.20 Å². The van der Waals surface area contributed by atoms with Gasteiger partial charge in [-0.15, -0.1) is 0 Å². The van der Waals surface area contributed by atoms with Crippen LogP contribution in [0.4, 0.5) is 0 Å². The van der Waals surface area contributed by atoms with Gasteiger partial charge in [0.05, 0.1) is 28.9 Å². The largest absolute Gasteiger partial charge is 0.343 e. The predicted octanol–water partition coefficient (Wildman–Crippen LogP) is 3.71. The summed E-state index contributed by atoms with van der Waals surface area (Å²) in [6.07, 6.45) is 6.53. The van der Waals surface area contributed by atoms with Crippen molar-refractivity contribution in [1.29, 1.82) is 0 Å². The maximum Gasteiger partial charge on any atom is 0.272 e. The highest BCUT2D eigenvalue weighted by molar-refractivity contribution is 5.93. The minimum absolute atomic E-state index is 0.216. The number of fused-ring (bicyclic) bond motifs is 1. The van der Waals surface area contributed by atoms with E-state index in [2.05, 4.69) is 32.2 Å². The lowest BCUT2D eigenvalue weighted by Crippen LogP contribution is -2.33. The minimum atomic E-state index is -0.503. The summed E-state index contributed by atoms with van der Waals surface area (Å²) in [5.41, 5.74) is 3.27. The summed E-state index contributed by atoms with van der Waals surface area (Å²) in [4.78, 5) is 35.4. The van der Waals surface area contributed by atoms with Gasteiger partial charge in [-0.1, -0.05) is 42.2 Å². The molecule has 182 valence electrons. The summed E-state index contributed by atoms with van der Waals surface area (Å²) < 4.78 is 3.31. The molecule has 0 spiro atoms. The van der Waals surface area contributed by atoms with Gasteiger partial charge in [0.1, 0.15) is 5.69 Å². The van der Waals surface area contributed by atoms with Gasteiger partial charge in [0.25, 0.3) is 11.5 Å².